The molecule has 0 bridgehead atoms. The number of benzene rings is 3. The lowest BCUT2D eigenvalue weighted by molar-refractivity contribution is -0.119. The molecule has 184 valence electrons. The molecule has 0 unspecified atom stereocenters. The SMILES string of the molecule is CCOc1ccc(S(=O)(=O)N(CC(=O)N/N=C/c2ccc(C)c(C)c2C)c2ccc(C)cc2)cc1. The van der Waals surface area contributed by atoms with Crippen molar-refractivity contribution in [3.8, 4) is 5.75 Å². The van der Waals surface area contributed by atoms with Crippen molar-refractivity contribution in [2.45, 2.75) is 39.5 Å². The lowest BCUT2D eigenvalue weighted by Gasteiger charge is -2.24. The van der Waals surface area contributed by atoms with E-state index in [1.165, 1.54) is 17.7 Å². The Balaban J connectivity index is 1.84. The number of aryl methyl sites for hydroxylation is 2. The maximum absolute atomic E-state index is 13.5. The normalized spacial score (nSPS) is 11.5. The van der Waals surface area contributed by atoms with Crippen LogP contribution < -0.4 is 14.5 Å². The van der Waals surface area contributed by atoms with E-state index in [-0.39, 0.29) is 4.90 Å². The molecule has 0 saturated heterocycles. The maximum Gasteiger partial charge on any atom is 0.264 e. The highest BCUT2D eigenvalue weighted by molar-refractivity contribution is 7.92. The molecule has 0 aliphatic carbocycles. The summed E-state index contributed by atoms with van der Waals surface area (Å²) in [6.07, 6.45) is 1.57. The minimum atomic E-state index is -4.02. The number of ether oxygens (including phenoxy) is 1. The highest BCUT2D eigenvalue weighted by atomic mass is 32.2. The van der Waals surface area contributed by atoms with E-state index in [1.807, 2.05) is 46.8 Å². The van der Waals surface area contributed by atoms with Crippen LogP contribution in [0.2, 0.25) is 0 Å². The second kappa shape index (κ2) is 11.2. The number of amides is 1. The first-order valence-electron chi connectivity index (χ1n) is 11.3. The van der Waals surface area contributed by atoms with Gasteiger partial charge in [-0.05, 0) is 93.3 Å². The second-order valence-corrected chi connectivity index (χ2v) is 10.1. The van der Waals surface area contributed by atoms with Crippen molar-refractivity contribution in [2.24, 2.45) is 5.10 Å². The zero-order chi connectivity index (χ0) is 25.6. The molecule has 3 rings (SSSR count). The quantitative estimate of drug-likeness (QED) is 0.347. The third kappa shape index (κ3) is 6.27. The van der Waals surface area contributed by atoms with Crippen molar-refractivity contribution in [3.63, 3.8) is 0 Å². The van der Waals surface area contributed by atoms with Crippen LogP contribution in [-0.2, 0) is 14.8 Å². The van der Waals surface area contributed by atoms with E-state index < -0.39 is 22.5 Å². The van der Waals surface area contributed by atoms with Crippen molar-refractivity contribution in [3.05, 3.63) is 88.5 Å². The Morgan fingerprint density at radius 1 is 0.943 bits per heavy atom. The number of nitrogens with one attached hydrogen (secondary N) is 1. The van der Waals surface area contributed by atoms with Crippen molar-refractivity contribution in [1.29, 1.82) is 0 Å². The van der Waals surface area contributed by atoms with Gasteiger partial charge in [-0.2, -0.15) is 5.10 Å². The fourth-order valence-corrected chi connectivity index (χ4v) is 4.91. The van der Waals surface area contributed by atoms with E-state index in [1.54, 1.807) is 42.6 Å². The summed E-state index contributed by atoms with van der Waals surface area (Å²) in [5.74, 6) is 0.0138. The number of rotatable bonds is 9. The minimum Gasteiger partial charge on any atom is -0.494 e. The molecule has 0 saturated carbocycles. The van der Waals surface area contributed by atoms with E-state index in [9.17, 15) is 13.2 Å². The van der Waals surface area contributed by atoms with Gasteiger partial charge in [-0.1, -0.05) is 29.8 Å². The summed E-state index contributed by atoms with van der Waals surface area (Å²) in [5, 5.41) is 4.06. The summed E-state index contributed by atoms with van der Waals surface area (Å²) in [5.41, 5.74) is 8.11. The molecule has 0 aromatic heterocycles. The van der Waals surface area contributed by atoms with Crippen LogP contribution in [0.25, 0.3) is 0 Å². The van der Waals surface area contributed by atoms with Crippen LogP contribution in [0.3, 0.4) is 0 Å². The molecule has 1 amide bonds. The number of carbonyl (C=O) groups excluding carboxylic acids is 1. The average Bonchev–Trinajstić information content (AvgIpc) is 2.84. The van der Waals surface area contributed by atoms with Gasteiger partial charge in [0.25, 0.3) is 15.9 Å². The molecule has 0 aliphatic heterocycles. The number of hydrazone groups is 1. The molecule has 0 radical (unpaired) electrons. The van der Waals surface area contributed by atoms with Gasteiger partial charge in [0.1, 0.15) is 12.3 Å². The largest absolute Gasteiger partial charge is 0.494 e. The third-order valence-corrected chi connectivity index (χ3v) is 7.61. The number of carbonyl (C=O) groups is 1. The predicted octanol–water partition coefficient (Wildman–Crippen LogP) is 4.66. The van der Waals surface area contributed by atoms with Gasteiger partial charge < -0.3 is 4.74 Å². The number of hydrogen-bond acceptors (Lipinski definition) is 5. The van der Waals surface area contributed by atoms with Crippen LogP contribution in [0.5, 0.6) is 5.75 Å². The van der Waals surface area contributed by atoms with Gasteiger partial charge >= 0.3 is 0 Å². The molecular weight excluding hydrogens is 462 g/mol. The van der Waals surface area contributed by atoms with Gasteiger partial charge in [0, 0.05) is 0 Å². The van der Waals surface area contributed by atoms with Gasteiger partial charge in [-0.3, -0.25) is 9.10 Å². The average molecular weight is 494 g/mol. The summed E-state index contributed by atoms with van der Waals surface area (Å²) in [6.45, 7) is 9.87. The van der Waals surface area contributed by atoms with Crippen molar-refractivity contribution in [2.75, 3.05) is 17.5 Å². The lowest BCUT2D eigenvalue weighted by Crippen LogP contribution is -2.39. The Kier molecular flexibility index (Phi) is 8.30. The monoisotopic (exact) mass is 493 g/mol. The Morgan fingerprint density at radius 2 is 1.60 bits per heavy atom. The first-order valence-corrected chi connectivity index (χ1v) is 12.8. The summed E-state index contributed by atoms with van der Waals surface area (Å²) >= 11 is 0. The Morgan fingerprint density at radius 3 is 2.23 bits per heavy atom. The van der Waals surface area contributed by atoms with Crippen LogP contribution in [0, 0.1) is 27.7 Å². The van der Waals surface area contributed by atoms with Crippen molar-refractivity contribution >= 4 is 27.8 Å². The predicted molar refractivity (Wildman–Crippen MR) is 140 cm³/mol. The van der Waals surface area contributed by atoms with Gasteiger partial charge in [0.2, 0.25) is 0 Å². The molecule has 35 heavy (non-hydrogen) atoms. The fraction of sp³-hybridized carbons (Fsp3) is 0.259. The van der Waals surface area contributed by atoms with E-state index >= 15 is 0 Å². The minimum absolute atomic E-state index is 0.0589. The highest BCUT2D eigenvalue weighted by Gasteiger charge is 2.27. The fourth-order valence-electron chi connectivity index (χ4n) is 3.48. The van der Waals surface area contributed by atoms with Gasteiger partial charge in [0.05, 0.1) is 23.4 Å². The van der Waals surface area contributed by atoms with Crippen molar-refractivity contribution in [1.82, 2.24) is 5.43 Å². The molecule has 0 atom stereocenters. The van der Waals surface area contributed by atoms with Gasteiger partial charge in [-0.15, -0.1) is 0 Å². The van der Waals surface area contributed by atoms with Crippen LogP contribution in [0.1, 0.15) is 34.7 Å². The smallest absolute Gasteiger partial charge is 0.264 e. The standard InChI is InChI=1S/C27H31N3O4S/c1-6-34-25-13-15-26(16-14-25)35(32,33)30(24-11-7-19(2)8-12-24)18-27(31)29-28-17-23-10-9-20(3)21(4)22(23)5/h7-17H,6,18H2,1-5H3,(H,29,31)/b28-17+. The van der Waals surface area contributed by atoms with Gasteiger partial charge in [-0.25, -0.2) is 13.8 Å². The molecule has 0 heterocycles. The van der Waals surface area contributed by atoms with Crippen LogP contribution in [0.15, 0.2) is 70.7 Å². The Bertz CT molecular complexity index is 1320. The molecule has 3 aromatic carbocycles. The van der Waals surface area contributed by atoms with E-state index in [2.05, 4.69) is 10.5 Å². The second-order valence-electron chi connectivity index (χ2n) is 8.27. The molecular formula is C27H31N3O4S. The highest BCUT2D eigenvalue weighted by Crippen LogP contribution is 2.25. The van der Waals surface area contributed by atoms with Crippen LogP contribution in [-0.4, -0.2) is 33.7 Å². The Labute approximate surface area is 207 Å². The lowest BCUT2D eigenvalue weighted by atomic mass is 10.00. The van der Waals surface area contributed by atoms with Crippen molar-refractivity contribution < 1.29 is 17.9 Å². The van der Waals surface area contributed by atoms with E-state index in [0.717, 1.165) is 26.6 Å². The van der Waals surface area contributed by atoms with Gasteiger partial charge in [0.15, 0.2) is 0 Å². The van der Waals surface area contributed by atoms with Crippen LogP contribution >= 0.6 is 0 Å². The molecule has 1 N–H and O–H groups in total. The molecule has 0 spiro atoms. The first kappa shape index (κ1) is 26.0. The van der Waals surface area contributed by atoms with E-state index in [4.69, 9.17) is 4.74 Å². The summed E-state index contributed by atoms with van der Waals surface area (Å²) < 4.78 is 33.5. The number of sulfonamides is 1. The summed E-state index contributed by atoms with van der Waals surface area (Å²) in [7, 11) is -4.02. The zero-order valence-electron chi connectivity index (χ0n) is 20.7. The molecule has 3 aromatic rings. The topological polar surface area (TPSA) is 88.1 Å². The number of hydrogen-bond donors (Lipinski definition) is 1. The summed E-state index contributed by atoms with van der Waals surface area (Å²) in [6, 6.07) is 17.0. The van der Waals surface area contributed by atoms with Crippen LogP contribution in [0.4, 0.5) is 5.69 Å². The maximum atomic E-state index is 13.5. The number of anilines is 1. The number of nitrogens with zero attached hydrogens (tertiary/aromatic N) is 2. The molecule has 7 nitrogen and oxygen atoms in total. The first-order chi connectivity index (χ1) is 16.6. The summed E-state index contributed by atoms with van der Waals surface area (Å²) in [4.78, 5) is 12.8. The van der Waals surface area contributed by atoms with E-state index in [0.29, 0.717) is 18.0 Å². The molecule has 0 aliphatic rings. The third-order valence-electron chi connectivity index (χ3n) is 5.82. The Hall–Kier alpha value is -3.65. The molecule has 0 fully saturated rings. The zero-order valence-corrected chi connectivity index (χ0v) is 21.5. The molecule has 8 heteroatoms.